The van der Waals surface area contributed by atoms with E-state index in [1.54, 1.807) is 12.4 Å². The average Bonchev–Trinajstić information content (AvgIpc) is 2.34. The number of fused-ring (bicyclic) bond motifs is 1. The van der Waals surface area contributed by atoms with Gasteiger partial charge in [-0.05, 0) is 38.5 Å². The summed E-state index contributed by atoms with van der Waals surface area (Å²) in [6.45, 7) is 6.75. The summed E-state index contributed by atoms with van der Waals surface area (Å²) < 4.78 is 0. The van der Waals surface area contributed by atoms with Crippen molar-refractivity contribution in [3.63, 3.8) is 0 Å². The first-order valence-corrected chi connectivity index (χ1v) is 6.09. The number of benzene rings is 1. The quantitative estimate of drug-likeness (QED) is 0.869. The van der Waals surface area contributed by atoms with E-state index in [9.17, 15) is 5.11 Å². The minimum absolute atomic E-state index is 0.00235. The highest BCUT2D eigenvalue weighted by Crippen LogP contribution is 2.17. The molecule has 0 fully saturated rings. The van der Waals surface area contributed by atoms with E-state index >= 15 is 0 Å². The summed E-state index contributed by atoms with van der Waals surface area (Å²) in [7, 11) is 0. The monoisotopic (exact) mass is 245 g/mol. The van der Waals surface area contributed by atoms with Gasteiger partial charge in [-0.2, -0.15) is 0 Å². The topological polar surface area (TPSA) is 58.0 Å². The molecule has 0 aliphatic heterocycles. The van der Waals surface area contributed by atoms with E-state index in [2.05, 4.69) is 36.1 Å². The van der Waals surface area contributed by atoms with E-state index in [1.807, 2.05) is 18.2 Å². The van der Waals surface area contributed by atoms with Crippen LogP contribution >= 0.6 is 0 Å². The van der Waals surface area contributed by atoms with Crippen molar-refractivity contribution in [2.45, 2.75) is 32.4 Å². The van der Waals surface area contributed by atoms with Crippen molar-refractivity contribution in [1.29, 1.82) is 0 Å². The highest BCUT2D eigenvalue weighted by molar-refractivity contribution is 5.74. The normalized spacial score (nSPS) is 13.8. The zero-order valence-electron chi connectivity index (χ0n) is 11.0. The van der Waals surface area contributed by atoms with E-state index in [4.69, 9.17) is 0 Å². The van der Waals surface area contributed by atoms with Gasteiger partial charge in [0, 0.05) is 24.5 Å². The van der Waals surface area contributed by atoms with Gasteiger partial charge in [0.05, 0.1) is 17.1 Å². The zero-order valence-corrected chi connectivity index (χ0v) is 11.0. The van der Waals surface area contributed by atoms with Crippen LogP contribution in [0.4, 0.5) is 0 Å². The molecule has 1 aromatic heterocycles. The fourth-order valence-corrected chi connectivity index (χ4v) is 1.71. The lowest BCUT2D eigenvalue weighted by Gasteiger charge is -2.23. The van der Waals surface area contributed by atoms with Crippen LogP contribution in [0.25, 0.3) is 11.0 Å². The van der Waals surface area contributed by atoms with Crippen LogP contribution < -0.4 is 5.32 Å². The Bertz CT molecular complexity index is 534. The number of hydrogen-bond donors (Lipinski definition) is 2. The molecule has 0 aliphatic carbocycles. The van der Waals surface area contributed by atoms with Crippen molar-refractivity contribution in [1.82, 2.24) is 15.3 Å². The molecule has 1 heterocycles. The Morgan fingerprint density at radius 1 is 1.17 bits per heavy atom. The number of β-amino-alcohol motifs (C(OH)–C–C–N with tert-alkyl or cyclic N) is 1. The van der Waals surface area contributed by atoms with Crippen LogP contribution in [0.2, 0.25) is 0 Å². The van der Waals surface area contributed by atoms with Gasteiger partial charge >= 0.3 is 0 Å². The van der Waals surface area contributed by atoms with Gasteiger partial charge in [0.15, 0.2) is 0 Å². The number of nitrogens with one attached hydrogen (secondary N) is 1. The standard InChI is InChI=1S/C14H19N3O/c1-14(2,3)17-9-13(18)10-4-5-11-12(8-10)16-7-6-15-11/h4-8,13,17-18H,9H2,1-3H3/t13-/m0/s1. The second-order valence-corrected chi connectivity index (χ2v) is 5.45. The van der Waals surface area contributed by atoms with Gasteiger partial charge in [0.1, 0.15) is 0 Å². The van der Waals surface area contributed by atoms with Crippen molar-refractivity contribution in [3.05, 3.63) is 36.2 Å². The minimum atomic E-state index is -0.532. The summed E-state index contributed by atoms with van der Waals surface area (Å²) in [6.07, 6.45) is 2.79. The first-order chi connectivity index (χ1) is 8.46. The van der Waals surface area contributed by atoms with Crippen molar-refractivity contribution < 1.29 is 5.11 Å². The minimum Gasteiger partial charge on any atom is -0.387 e. The van der Waals surface area contributed by atoms with Crippen LogP contribution in [-0.2, 0) is 0 Å². The molecule has 0 spiro atoms. The van der Waals surface area contributed by atoms with Gasteiger partial charge in [0.25, 0.3) is 0 Å². The van der Waals surface area contributed by atoms with Crippen LogP contribution in [0.5, 0.6) is 0 Å². The molecule has 0 saturated carbocycles. The van der Waals surface area contributed by atoms with Crippen molar-refractivity contribution in [3.8, 4) is 0 Å². The van der Waals surface area contributed by atoms with Crippen LogP contribution in [0.15, 0.2) is 30.6 Å². The van der Waals surface area contributed by atoms with Crippen LogP contribution in [0.1, 0.15) is 32.4 Å². The Balaban J connectivity index is 2.15. The second kappa shape index (κ2) is 5.00. The van der Waals surface area contributed by atoms with Gasteiger partial charge in [-0.1, -0.05) is 6.07 Å². The zero-order chi connectivity index (χ0) is 13.2. The summed E-state index contributed by atoms with van der Waals surface area (Å²) in [4.78, 5) is 8.45. The SMILES string of the molecule is CC(C)(C)NC[C@H](O)c1ccc2nccnc2c1. The molecule has 4 nitrogen and oxygen atoms in total. The fraction of sp³-hybridized carbons (Fsp3) is 0.429. The highest BCUT2D eigenvalue weighted by Gasteiger charge is 2.14. The molecule has 0 radical (unpaired) electrons. The number of aromatic nitrogens is 2. The van der Waals surface area contributed by atoms with E-state index < -0.39 is 6.10 Å². The van der Waals surface area contributed by atoms with E-state index in [0.29, 0.717) is 6.54 Å². The summed E-state index contributed by atoms with van der Waals surface area (Å²) in [6, 6.07) is 5.67. The predicted molar refractivity (Wildman–Crippen MR) is 72.3 cm³/mol. The summed E-state index contributed by atoms with van der Waals surface area (Å²) in [5, 5.41) is 13.4. The molecule has 0 bridgehead atoms. The van der Waals surface area contributed by atoms with Crippen molar-refractivity contribution in [2.75, 3.05) is 6.54 Å². The molecule has 1 atom stereocenters. The highest BCUT2D eigenvalue weighted by atomic mass is 16.3. The number of aliphatic hydroxyl groups excluding tert-OH is 1. The van der Waals surface area contributed by atoms with Gasteiger partial charge in [0.2, 0.25) is 0 Å². The van der Waals surface area contributed by atoms with Gasteiger partial charge < -0.3 is 10.4 Å². The third-order valence-electron chi connectivity index (χ3n) is 2.70. The van der Waals surface area contributed by atoms with Gasteiger partial charge in [-0.3, -0.25) is 9.97 Å². The third kappa shape index (κ3) is 3.24. The first kappa shape index (κ1) is 12.9. The third-order valence-corrected chi connectivity index (χ3v) is 2.70. The Hall–Kier alpha value is -1.52. The fourth-order valence-electron chi connectivity index (χ4n) is 1.71. The van der Waals surface area contributed by atoms with Crippen LogP contribution in [-0.4, -0.2) is 27.2 Å². The maximum absolute atomic E-state index is 10.1. The van der Waals surface area contributed by atoms with Crippen LogP contribution in [0, 0.1) is 0 Å². The number of rotatable bonds is 3. The van der Waals surface area contributed by atoms with Crippen molar-refractivity contribution in [2.24, 2.45) is 0 Å². The lowest BCUT2D eigenvalue weighted by molar-refractivity contribution is 0.163. The Kier molecular flexibility index (Phi) is 3.59. The maximum Gasteiger partial charge on any atom is 0.0915 e. The Morgan fingerprint density at radius 2 is 1.83 bits per heavy atom. The molecule has 1 aromatic carbocycles. The maximum atomic E-state index is 10.1. The molecule has 18 heavy (non-hydrogen) atoms. The number of aliphatic hydroxyl groups is 1. The Morgan fingerprint density at radius 3 is 2.50 bits per heavy atom. The number of hydrogen-bond acceptors (Lipinski definition) is 4. The Labute approximate surface area is 107 Å². The molecule has 0 unspecified atom stereocenters. The molecule has 96 valence electrons. The van der Waals surface area contributed by atoms with Gasteiger partial charge in [-0.15, -0.1) is 0 Å². The van der Waals surface area contributed by atoms with Crippen molar-refractivity contribution >= 4 is 11.0 Å². The molecular weight excluding hydrogens is 226 g/mol. The molecule has 2 N–H and O–H groups in total. The molecule has 0 aliphatic rings. The lowest BCUT2D eigenvalue weighted by Crippen LogP contribution is -2.38. The molecule has 4 heteroatoms. The summed E-state index contributed by atoms with van der Waals surface area (Å²) >= 11 is 0. The second-order valence-electron chi connectivity index (χ2n) is 5.45. The first-order valence-electron chi connectivity index (χ1n) is 6.09. The molecule has 0 amide bonds. The largest absolute Gasteiger partial charge is 0.387 e. The van der Waals surface area contributed by atoms with E-state index in [-0.39, 0.29) is 5.54 Å². The molecular formula is C14H19N3O. The van der Waals surface area contributed by atoms with Crippen LogP contribution in [0.3, 0.4) is 0 Å². The molecule has 2 rings (SSSR count). The number of nitrogens with zero attached hydrogens (tertiary/aromatic N) is 2. The smallest absolute Gasteiger partial charge is 0.0915 e. The predicted octanol–water partition coefficient (Wildman–Crippen LogP) is 2.05. The molecule has 0 saturated heterocycles. The summed E-state index contributed by atoms with van der Waals surface area (Å²) in [5.41, 5.74) is 2.51. The van der Waals surface area contributed by atoms with E-state index in [1.165, 1.54) is 0 Å². The summed E-state index contributed by atoms with van der Waals surface area (Å²) in [5.74, 6) is 0. The lowest BCUT2D eigenvalue weighted by atomic mass is 10.1. The van der Waals surface area contributed by atoms with Gasteiger partial charge in [-0.25, -0.2) is 0 Å². The average molecular weight is 245 g/mol. The van der Waals surface area contributed by atoms with E-state index in [0.717, 1.165) is 16.6 Å². The molecule has 2 aromatic rings.